The summed E-state index contributed by atoms with van der Waals surface area (Å²) in [5.74, 6) is 0.252. The van der Waals surface area contributed by atoms with Gasteiger partial charge in [-0.05, 0) is 36.2 Å². The molecule has 0 N–H and O–H groups in total. The molecule has 1 fully saturated rings. The summed E-state index contributed by atoms with van der Waals surface area (Å²) < 4.78 is 0. The minimum absolute atomic E-state index is 0.0364. The van der Waals surface area contributed by atoms with E-state index in [1.165, 1.54) is 5.56 Å². The van der Waals surface area contributed by atoms with Crippen molar-refractivity contribution in [3.63, 3.8) is 0 Å². The molecule has 0 aromatic heterocycles. The highest BCUT2D eigenvalue weighted by Crippen LogP contribution is 2.28. The minimum atomic E-state index is -0.0364. The summed E-state index contributed by atoms with van der Waals surface area (Å²) in [5, 5.41) is 0.687. The van der Waals surface area contributed by atoms with Crippen molar-refractivity contribution in [1.29, 1.82) is 0 Å². The van der Waals surface area contributed by atoms with Gasteiger partial charge in [-0.15, -0.1) is 11.8 Å². The number of rotatable bonds is 7. The Labute approximate surface area is 177 Å². The number of carbonyl (C=O) groups is 1. The Morgan fingerprint density at radius 1 is 1.07 bits per heavy atom. The molecular formula is C23H27ClN2OS. The third-order valence-electron chi connectivity index (χ3n) is 4.90. The standard InChI is InChI=1S/C23H27ClN2OS/c1-2-22(28-21-12-10-20(24)11-13-21)23(27)26-17-15-25(16-18-26)14-6-9-19-7-4-3-5-8-19/h3-13,22H,2,14-18H2,1H3/b9-6+/t22-/m0/s1. The van der Waals surface area contributed by atoms with Crippen LogP contribution in [0, 0.1) is 0 Å². The van der Waals surface area contributed by atoms with Crippen molar-refractivity contribution < 1.29 is 4.79 Å². The first-order valence-corrected chi connectivity index (χ1v) is 11.1. The van der Waals surface area contributed by atoms with Gasteiger partial charge in [-0.1, -0.05) is 61.0 Å². The largest absolute Gasteiger partial charge is 0.339 e. The second kappa shape index (κ2) is 10.7. The van der Waals surface area contributed by atoms with E-state index in [9.17, 15) is 4.79 Å². The molecule has 1 aliphatic rings. The predicted octanol–water partition coefficient (Wildman–Crippen LogP) is 5.07. The van der Waals surface area contributed by atoms with Gasteiger partial charge in [0, 0.05) is 42.6 Å². The first-order chi connectivity index (χ1) is 13.7. The number of halogens is 1. The average Bonchev–Trinajstić information content (AvgIpc) is 2.74. The highest BCUT2D eigenvalue weighted by molar-refractivity contribution is 8.00. The zero-order valence-corrected chi connectivity index (χ0v) is 17.8. The molecule has 1 atom stereocenters. The number of nitrogens with zero attached hydrogens (tertiary/aromatic N) is 2. The molecule has 1 saturated heterocycles. The number of thioether (sulfide) groups is 1. The van der Waals surface area contributed by atoms with Crippen LogP contribution in [0.4, 0.5) is 0 Å². The molecule has 5 heteroatoms. The van der Waals surface area contributed by atoms with Gasteiger partial charge in [-0.2, -0.15) is 0 Å². The summed E-state index contributed by atoms with van der Waals surface area (Å²) in [7, 11) is 0. The average molecular weight is 415 g/mol. The summed E-state index contributed by atoms with van der Waals surface area (Å²) in [6.07, 6.45) is 5.19. The van der Waals surface area contributed by atoms with Crippen LogP contribution in [0.1, 0.15) is 18.9 Å². The number of carbonyl (C=O) groups excluding carboxylic acids is 1. The summed E-state index contributed by atoms with van der Waals surface area (Å²) in [4.78, 5) is 18.5. The summed E-state index contributed by atoms with van der Waals surface area (Å²) in [6.45, 7) is 6.45. The van der Waals surface area contributed by atoms with Crippen molar-refractivity contribution in [3.8, 4) is 0 Å². The Bertz CT molecular complexity index is 771. The van der Waals surface area contributed by atoms with E-state index in [1.807, 2.05) is 35.2 Å². The lowest BCUT2D eigenvalue weighted by Crippen LogP contribution is -2.50. The SMILES string of the molecule is CC[C@H](Sc1ccc(Cl)cc1)C(=O)N1CCN(C/C=C/c2ccccc2)CC1. The van der Waals surface area contributed by atoms with Crippen molar-refractivity contribution >= 4 is 35.3 Å². The van der Waals surface area contributed by atoms with Gasteiger partial charge in [0.1, 0.15) is 0 Å². The lowest BCUT2D eigenvalue weighted by atomic mass is 10.2. The zero-order chi connectivity index (χ0) is 19.8. The van der Waals surface area contributed by atoms with Crippen molar-refractivity contribution in [1.82, 2.24) is 9.80 Å². The van der Waals surface area contributed by atoms with E-state index in [0.29, 0.717) is 0 Å². The number of piperazine rings is 1. The molecule has 148 valence electrons. The molecule has 0 spiro atoms. The highest BCUT2D eigenvalue weighted by atomic mass is 35.5. The summed E-state index contributed by atoms with van der Waals surface area (Å²) >= 11 is 7.59. The smallest absolute Gasteiger partial charge is 0.236 e. The monoisotopic (exact) mass is 414 g/mol. The molecule has 1 heterocycles. The molecule has 0 bridgehead atoms. The number of amides is 1. The minimum Gasteiger partial charge on any atom is -0.339 e. The van der Waals surface area contributed by atoms with Crippen LogP contribution >= 0.6 is 23.4 Å². The molecule has 3 rings (SSSR count). The molecule has 2 aromatic carbocycles. The van der Waals surface area contributed by atoms with Crippen LogP contribution in [-0.4, -0.2) is 53.7 Å². The van der Waals surface area contributed by atoms with E-state index in [-0.39, 0.29) is 11.2 Å². The fourth-order valence-electron chi connectivity index (χ4n) is 3.24. The van der Waals surface area contributed by atoms with Gasteiger partial charge in [-0.25, -0.2) is 0 Å². The van der Waals surface area contributed by atoms with E-state index in [2.05, 4.69) is 48.2 Å². The van der Waals surface area contributed by atoms with E-state index < -0.39 is 0 Å². The lowest BCUT2D eigenvalue weighted by Gasteiger charge is -2.35. The van der Waals surface area contributed by atoms with E-state index in [1.54, 1.807) is 11.8 Å². The Morgan fingerprint density at radius 2 is 1.75 bits per heavy atom. The fraction of sp³-hybridized carbons (Fsp3) is 0.348. The Hall–Kier alpha value is -1.75. The van der Waals surface area contributed by atoms with Gasteiger partial charge < -0.3 is 4.90 Å². The molecule has 0 radical (unpaired) electrons. The molecule has 0 unspecified atom stereocenters. The number of hydrogen-bond acceptors (Lipinski definition) is 3. The predicted molar refractivity (Wildman–Crippen MR) is 120 cm³/mol. The van der Waals surface area contributed by atoms with Crippen molar-refractivity contribution in [2.24, 2.45) is 0 Å². The maximum Gasteiger partial charge on any atom is 0.236 e. The Balaban J connectivity index is 1.47. The second-order valence-electron chi connectivity index (χ2n) is 6.91. The van der Waals surface area contributed by atoms with Gasteiger partial charge >= 0.3 is 0 Å². The summed E-state index contributed by atoms with van der Waals surface area (Å²) in [6, 6.07) is 18.1. The van der Waals surface area contributed by atoms with Crippen LogP contribution in [0.25, 0.3) is 6.08 Å². The lowest BCUT2D eigenvalue weighted by molar-refractivity contribution is -0.132. The molecule has 2 aromatic rings. The van der Waals surface area contributed by atoms with Crippen molar-refractivity contribution in [2.45, 2.75) is 23.5 Å². The van der Waals surface area contributed by atoms with Crippen LogP contribution in [0.5, 0.6) is 0 Å². The van der Waals surface area contributed by atoms with E-state index >= 15 is 0 Å². The number of hydrogen-bond donors (Lipinski definition) is 0. The third-order valence-corrected chi connectivity index (χ3v) is 6.51. The van der Waals surface area contributed by atoms with Gasteiger partial charge in [0.25, 0.3) is 0 Å². The maximum atomic E-state index is 13.0. The fourth-order valence-corrected chi connectivity index (χ4v) is 4.41. The molecule has 0 aliphatic carbocycles. The zero-order valence-electron chi connectivity index (χ0n) is 16.3. The third kappa shape index (κ3) is 6.13. The maximum absolute atomic E-state index is 13.0. The highest BCUT2D eigenvalue weighted by Gasteiger charge is 2.26. The molecule has 1 aliphatic heterocycles. The van der Waals surface area contributed by atoms with E-state index in [4.69, 9.17) is 11.6 Å². The van der Waals surface area contributed by atoms with Crippen molar-refractivity contribution in [3.05, 3.63) is 71.3 Å². The van der Waals surface area contributed by atoms with Crippen molar-refractivity contribution in [2.75, 3.05) is 32.7 Å². The first kappa shape index (κ1) is 21.0. The van der Waals surface area contributed by atoms with Crippen LogP contribution in [0.3, 0.4) is 0 Å². The summed E-state index contributed by atoms with van der Waals surface area (Å²) in [5.41, 5.74) is 1.22. The molecule has 1 amide bonds. The Kier molecular flexibility index (Phi) is 8.01. The first-order valence-electron chi connectivity index (χ1n) is 9.80. The number of benzene rings is 2. The molecule has 0 saturated carbocycles. The van der Waals surface area contributed by atoms with Crippen LogP contribution in [-0.2, 0) is 4.79 Å². The van der Waals surface area contributed by atoms with Crippen LogP contribution in [0.2, 0.25) is 5.02 Å². The van der Waals surface area contributed by atoms with Gasteiger partial charge in [-0.3, -0.25) is 9.69 Å². The Morgan fingerprint density at radius 3 is 2.39 bits per heavy atom. The van der Waals surface area contributed by atoms with Crippen LogP contribution < -0.4 is 0 Å². The molecule has 3 nitrogen and oxygen atoms in total. The quantitative estimate of drug-likeness (QED) is 0.591. The topological polar surface area (TPSA) is 23.6 Å². The van der Waals surface area contributed by atoms with Gasteiger partial charge in [0.2, 0.25) is 5.91 Å². The van der Waals surface area contributed by atoms with E-state index in [0.717, 1.165) is 49.1 Å². The van der Waals surface area contributed by atoms with Crippen LogP contribution in [0.15, 0.2) is 65.6 Å². The normalized spacial score (nSPS) is 16.4. The van der Waals surface area contributed by atoms with Gasteiger partial charge in [0.05, 0.1) is 5.25 Å². The van der Waals surface area contributed by atoms with Gasteiger partial charge in [0.15, 0.2) is 0 Å². The second-order valence-corrected chi connectivity index (χ2v) is 8.62. The molecular weight excluding hydrogens is 388 g/mol. The molecule has 28 heavy (non-hydrogen) atoms.